The number of hydrogen-bond donors (Lipinski definition) is 1. The molecule has 0 aromatic carbocycles. The highest BCUT2D eigenvalue weighted by molar-refractivity contribution is 5.51. The second kappa shape index (κ2) is 3.90. The molecule has 0 bridgehead atoms. The van der Waals surface area contributed by atoms with Crippen molar-refractivity contribution in [1.29, 1.82) is 5.26 Å². The first-order valence-electron chi connectivity index (χ1n) is 4.27. The molecule has 0 amide bonds. The number of nitriles is 1. The highest BCUT2D eigenvalue weighted by Crippen LogP contribution is 2.17. The van der Waals surface area contributed by atoms with Gasteiger partial charge in [0.05, 0.1) is 5.56 Å². The summed E-state index contributed by atoms with van der Waals surface area (Å²) < 4.78 is 0. The zero-order valence-corrected chi connectivity index (χ0v) is 8.13. The van der Waals surface area contributed by atoms with Gasteiger partial charge in [-0.25, -0.2) is 4.98 Å². The summed E-state index contributed by atoms with van der Waals surface area (Å²) in [4.78, 5) is 4.33. The summed E-state index contributed by atoms with van der Waals surface area (Å²) in [5.41, 5.74) is 1.59. The van der Waals surface area contributed by atoms with E-state index in [1.807, 2.05) is 6.07 Å². The molecule has 3 nitrogen and oxygen atoms in total. The van der Waals surface area contributed by atoms with Crippen molar-refractivity contribution in [2.75, 3.05) is 12.4 Å². The summed E-state index contributed by atoms with van der Waals surface area (Å²) in [5.74, 6) is 1.05. The van der Waals surface area contributed by atoms with Gasteiger partial charge < -0.3 is 5.32 Å². The molecule has 0 radical (unpaired) electrons. The monoisotopic (exact) mass is 175 g/mol. The predicted molar refractivity (Wildman–Crippen MR) is 52.6 cm³/mol. The molecule has 0 aliphatic carbocycles. The molecular formula is C10H13N3. The first kappa shape index (κ1) is 9.53. The topological polar surface area (TPSA) is 48.7 Å². The first-order chi connectivity index (χ1) is 6.19. The van der Waals surface area contributed by atoms with Crippen LogP contribution in [0.1, 0.15) is 31.0 Å². The van der Waals surface area contributed by atoms with Crippen molar-refractivity contribution in [2.24, 2.45) is 0 Å². The number of hydrogen-bond acceptors (Lipinski definition) is 3. The Kier molecular flexibility index (Phi) is 2.86. The van der Waals surface area contributed by atoms with Gasteiger partial charge in [0.25, 0.3) is 0 Å². The Morgan fingerprint density at radius 1 is 1.46 bits per heavy atom. The standard InChI is InChI=1S/C10H13N3/c1-7(2)9-5-4-8(6-11)10(12-3)13-9/h4-5,7H,1-3H3,(H,12,13). The van der Waals surface area contributed by atoms with Gasteiger partial charge in [0.2, 0.25) is 0 Å². The maximum Gasteiger partial charge on any atom is 0.143 e. The molecule has 1 N–H and O–H groups in total. The normalized spacial score (nSPS) is 9.77. The lowest BCUT2D eigenvalue weighted by molar-refractivity contribution is 0.823. The molecule has 1 rings (SSSR count). The lowest BCUT2D eigenvalue weighted by atomic mass is 10.1. The van der Waals surface area contributed by atoms with Gasteiger partial charge in [0, 0.05) is 12.7 Å². The zero-order valence-electron chi connectivity index (χ0n) is 8.13. The summed E-state index contributed by atoms with van der Waals surface area (Å²) in [6, 6.07) is 5.78. The largest absolute Gasteiger partial charge is 0.372 e. The Hall–Kier alpha value is -1.56. The van der Waals surface area contributed by atoms with Crippen LogP contribution < -0.4 is 5.32 Å². The van der Waals surface area contributed by atoms with Gasteiger partial charge in [-0.1, -0.05) is 13.8 Å². The van der Waals surface area contributed by atoms with E-state index in [0.29, 0.717) is 17.3 Å². The average Bonchev–Trinajstić information content (AvgIpc) is 2.16. The molecule has 0 aliphatic rings. The lowest BCUT2D eigenvalue weighted by Gasteiger charge is -2.07. The first-order valence-corrected chi connectivity index (χ1v) is 4.27. The molecule has 0 saturated heterocycles. The van der Waals surface area contributed by atoms with Gasteiger partial charge in [-0.05, 0) is 18.1 Å². The summed E-state index contributed by atoms with van der Waals surface area (Å²) in [6.07, 6.45) is 0. The molecule has 3 heteroatoms. The lowest BCUT2D eigenvalue weighted by Crippen LogP contribution is -2.00. The minimum atomic E-state index is 0.389. The van der Waals surface area contributed by atoms with Crippen molar-refractivity contribution in [3.8, 4) is 6.07 Å². The number of aromatic nitrogens is 1. The van der Waals surface area contributed by atoms with Gasteiger partial charge in [-0.2, -0.15) is 5.26 Å². The van der Waals surface area contributed by atoms with E-state index < -0.39 is 0 Å². The van der Waals surface area contributed by atoms with Crippen molar-refractivity contribution in [3.05, 3.63) is 23.4 Å². The third-order valence-corrected chi connectivity index (χ3v) is 1.87. The van der Waals surface area contributed by atoms with Gasteiger partial charge in [-0.3, -0.25) is 0 Å². The Morgan fingerprint density at radius 3 is 2.62 bits per heavy atom. The summed E-state index contributed by atoms with van der Waals surface area (Å²) in [6.45, 7) is 4.15. The number of nitrogens with zero attached hydrogens (tertiary/aromatic N) is 2. The van der Waals surface area contributed by atoms with Crippen molar-refractivity contribution < 1.29 is 0 Å². The van der Waals surface area contributed by atoms with E-state index in [2.05, 4.69) is 30.2 Å². The summed E-state index contributed by atoms with van der Waals surface area (Å²) >= 11 is 0. The zero-order chi connectivity index (χ0) is 9.84. The molecule has 1 heterocycles. The van der Waals surface area contributed by atoms with Crippen molar-refractivity contribution >= 4 is 5.82 Å². The maximum absolute atomic E-state index is 8.75. The minimum absolute atomic E-state index is 0.389. The van der Waals surface area contributed by atoms with Crippen molar-refractivity contribution in [1.82, 2.24) is 4.98 Å². The van der Waals surface area contributed by atoms with Crippen LogP contribution in [0.5, 0.6) is 0 Å². The van der Waals surface area contributed by atoms with E-state index in [1.165, 1.54) is 0 Å². The van der Waals surface area contributed by atoms with E-state index in [9.17, 15) is 0 Å². The van der Waals surface area contributed by atoms with Crippen LogP contribution in [0, 0.1) is 11.3 Å². The highest BCUT2D eigenvalue weighted by Gasteiger charge is 2.05. The van der Waals surface area contributed by atoms with Gasteiger partial charge in [0.15, 0.2) is 0 Å². The molecule has 0 spiro atoms. The Labute approximate surface area is 78.4 Å². The fourth-order valence-corrected chi connectivity index (χ4v) is 1.08. The predicted octanol–water partition coefficient (Wildman–Crippen LogP) is 2.12. The summed E-state index contributed by atoms with van der Waals surface area (Å²) in [5, 5.41) is 11.7. The molecule has 0 saturated carbocycles. The third kappa shape index (κ3) is 1.97. The van der Waals surface area contributed by atoms with Crippen LogP contribution >= 0.6 is 0 Å². The van der Waals surface area contributed by atoms with Crippen molar-refractivity contribution in [2.45, 2.75) is 19.8 Å². The number of anilines is 1. The maximum atomic E-state index is 8.75. The van der Waals surface area contributed by atoms with Gasteiger partial charge in [-0.15, -0.1) is 0 Å². The second-order valence-electron chi connectivity index (χ2n) is 3.15. The number of rotatable bonds is 2. The molecular weight excluding hydrogens is 162 g/mol. The van der Waals surface area contributed by atoms with E-state index >= 15 is 0 Å². The van der Waals surface area contributed by atoms with Crippen LogP contribution in [0.25, 0.3) is 0 Å². The van der Waals surface area contributed by atoms with Crippen LogP contribution in [0.2, 0.25) is 0 Å². The van der Waals surface area contributed by atoms with Crippen LogP contribution in [0.15, 0.2) is 12.1 Å². The fourth-order valence-electron chi connectivity index (χ4n) is 1.08. The minimum Gasteiger partial charge on any atom is -0.372 e. The molecule has 0 atom stereocenters. The highest BCUT2D eigenvalue weighted by atomic mass is 15.0. The van der Waals surface area contributed by atoms with Crippen molar-refractivity contribution in [3.63, 3.8) is 0 Å². The molecule has 68 valence electrons. The van der Waals surface area contributed by atoms with E-state index in [1.54, 1.807) is 13.1 Å². The van der Waals surface area contributed by atoms with Crippen LogP contribution in [0.3, 0.4) is 0 Å². The van der Waals surface area contributed by atoms with Crippen LogP contribution in [-0.2, 0) is 0 Å². The van der Waals surface area contributed by atoms with Gasteiger partial charge >= 0.3 is 0 Å². The van der Waals surface area contributed by atoms with E-state index in [0.717, 1.165) is 5.69 Å². The summed E-state index contributed by atoms with van der Waals surface area (Å²) in [7, 11) is 1.77. The average molecular weight is 175 g/mol. The smallest absolute Gasteiger partial charge is 0.143 e. The molecule has 1 aromatic rings. The number of nitrogens with one attached hydrogen (secondary N) is 1. The molecule has 1 aromatic heterocycles. The molecule has 13 heavy (non-hydrogen) atoms. The second-order valence-corrected chi connectivity index (χ2v) is 3.15. The SMILES string of the molecule is CNc1nc(C(C)C)ccc1C#N. The van der Waals surface area contributed by atoms with Gasteiger partial charge in [0.1, 0.15) is 11.9 Å². The Balaban J connectivity index is 3.15. The fraction of sp³-hybridized carbons (Fsp3) is 0.400. The van der Waals surface area contributed by atoms with Crippen LogP contribution in [-0.4, -0.2) is 12.0 Å². The molecule has 0 aliphatic heterocycles. The number of pyridine rings is 1. The van der Waals surface area contributed by atoms with E-state index in [4.69, 9.17) is 5.26 Å². The molecule has 0 unspecified atom stereocenters. The van der Waals surface area contributed by atoms with E-state index in [-0.39, 0.29) is 0 Å². The molecule has 0 fully saturated rings. The Morgan fingerprint density at radius 2 is 2.15 bits per heavy atom. The van der Waals surface area contributed by atoms with Crippen LogP contribution in [0.4, 0.5) is 5.82 Å². The quantitative estimate of drug-likeness (QED) is 0.749. The third-order valence-electron chi connectivity index (χ3n) is 1.87. The Bertz CT molecular complexity index is 337.